The molecule has 1 aliphatic rings. The molecule has 1 saturated heterocycles. The lowest BCUT2D eigenvalue weighted by Gasteiger charge is -2.32. The van der Waals surface area contributed by atoms with Crippen LogP contribution >= 0.6 is 0 Å². The van der Waals surface area contributed by atoms with Crippen LogP contribution in [-0.4, -0.2) is 35.6 Å². The maximum atomic E-state index is 8.98. The minimum Gasteiger partial charge on any atom is -0.409 e. The highest BCUT2D eigenvalue weighted by Crippen LogP contribution is 2.22. The van der Waals surface area contributed by atoms with Crippen molar-refractivity contribution in [2.45, 2.75) is 25.7 Å². The second-order valence-electron chi connectivity index (χ2n) is 5.47. The molecule has 1 fully saturated rings. The first-order valence-corrected chi connectivity index (χ1v) is 6.95. The zero-order chi connectivity index (χ0) is 13.7. The fourth-order valence-corrected chi connectivity index (χ4v) is 2.63. The average Bonchev–Trinajstić information content (AvgIpc) is 2.47. The summed E-state index contributed by atoms with van der Waals surface area (Å²) in [4.78, 5) is 2.41. The van der Waals surface area contributed by atoms with E-state index in [-0.39, 0.29) is 5.92 Å². The number of nitrogens with zero attached hydrogens (tertiary/aromatic N) is 2. The second kappa shape index (κ2) is 6.57. The first kappa shape index (κ1) is 13.9. The van der Waals surface area contributed by atoms with Gasteiger partial charge in [-0.2, -0.15) is 0 Å². The molecule has 1 aromatic rings. The third-order valence-corrected chi connectivity index (χ3v) is 3.99. The fraction of sp³-hybridized carbons (Fsp3) is 0.533. The lowest BCUT2D eigenvalue weighted by atomic mass is 9.94. The van der Waals surface area contributed by atoms with Gasteiger partial charge in [-0.3, -0.25) is 0 Å². The summed E-state index contributed by atoms with van der Waals surface area (Å²) >= 11 is 0. The Bertz CT molecular complexity index is 411. The van der Waals surface area contributed by atoms with Gasteiger partial charge in [-0.05, 0) is 37.4 Å². The molecule has 0 bridgehead atoms. The topological polar surface area (TPSA) is 61.8 Å². The van der Waals surface area contributed by atoms with Gasteiger partial charge in [-0.25, -0.2) is 0 Å². The van der Waals surface area contributed by atoms with E-state index in [0.29, 0.717) is 5.84 Å². The molecule has 0 spiro atoms. The predicted octanol–water partition coefficient (Wildman–Crippen LogP) is 2.25. The van der Waals surface area contributed by atoms with Crippen LogP contribution in [0, 0.1) is 5.92 Å². The first-order chi connectivity index (χ1) is 9.20. The summed E-state index contributed by atoms with van der Waals surface area (Å²) in [7, 11) is 0. The Balaban J connectivity index is 2.07. The number of amidine groups is 1. The van der Waals surface area contributed by atoms with Gasteiger partial charge in [0.25, 0.3) is 0 Å². The lowest BCUT2D eigenvalue weighted by molar-refractivity contribution is 0.190. The third-order valence-electron chi connectivity index (χ3n) is 3.99. The Morgan fingerprint density at radius 3 is 2.58 bits per heavy atom. The van der Waals surface area contributed by atoms with E-state index in [4.69, 9.17) is 10.9 Å². The molecule has 0 saturated carbocycles. The zero-order valence-corrected chi connectivity index (χ0v) is 11.5. The molecule has 2 rings (SSSR count). The highest BCUT2D eigenvalue weighted by Gasteiger charge is 2.23. The van der Waals surface area contributed by atoms with Crippen LogP contribution in [0.3, 0.4) is 0 Å². The molecule has 104 valence electrons. The van der Waals surface area contributed by atoms with Gasteiger partial charge in [0.2, 0.25) is 0 Å². The van der Waals surface area contributed by atoms with Crippen molar-refractivity contribution in [3.05, 3.63) is 35.9 Å². The summed E-state index contributed by atoms with van der Waals surface area (Å²) in [6, 6.07) is 10.0. The molecule has 3 N–H and O–H groups in total. The number of benzene rings is 1. The number of nitrogens with two attached hydrogens (primary N) is 1. The molecule has 4 nitrogen and oxygen atoms in total. The van der Waals surface area contributed by atoms with Crippen molar-refractivity contribution in [3.63, 3.8) is 0 Å². The van der Waals surface area contributed by atoms with Crippen LogP contribution < -0.4 is 5.73 Å². The number of rotatable bonds is 4. The summed E-state index contributed by atoms with van der Waals surface area (Å²) in [6.07, 6.45) is 2.47. The summed E-state index contributed by atoms with van der Waals surface area (Å²) in [5.41, 5.74) is 6.97. The Labute approximate surface area is 114 Å². The molecule has 1 aromatic carbocycles. The molecule has 0 aliphatic carbocycles. The minimum atomic E-state index is -0.0281. The van der Waals surface area contributed by atoms with Crippen molar-refractivity contribution in [1.82, 2.24) is 4.90 Å². The maximum Gasteiger partial charge on any atom is 0.147 e. The first-order valence-electron chi connectivity index (χ1n) is 6.95. The van der Waals surface area contributed by atoms with E-state index < -0.39 is 0 Å². The normalized spacial score (nSPS) is 20.4. The van der Waals surface area contributed by atoms with Gasteiger partial charge < -0.3 is 15.8 Å². The lowest BCUT2D eigenvalue weighted by Crippen LogP contribution is -2.39. The summed E-state index contributed by atoms with van der Waals surface area (Å²) < 4.78 is 0. The molecule has 1 atom stereocenters. The van der Waals surface area contributed by atoms with Crippen molar-refractivity contribution in [2.75, 3.05) is 19.6 Å². The van der Waals surface area contributed by atoms with Gasteiger partial charge in [0.15, 0.2) is 0 Å². The average molecular weight is 261 g/mol. The number of hydrogen-bond donors (Lipinski definition) is 2. The summed E-state index contributed by atoms with van der Waals surface area (Å²) in [6.45, 7) is 5.33. The van der Waals surface area contributed by atoms with Gasteiger partial charge in [0, 0.05) is 6.54 Å². The van der Waals surface area contributed by atoms with Gasteiger partial charge in [0.05, 0.1) is 5.92 Å². The Kier molecular flexibility index (Phi) is 4.80. The molecule has 1 aliphatic heterocycles. The number of oxime groups is 1. The van der Waals surface area contributed by atoms with E-state index in [9.17, 15) is 0 Å². The summed E-state index contributed by atoms with van der Waals surface area (Å²) in [5, 5.41) is 12.2. The smallest absolute Gasteiger partial charge is 0.147 e. The molecular weight excluding hydrogens is 238 g/mol. The number of piperidine rings is 1. The molecule has 1 heterocycles. The Hall–Kier alpha value is -1.55. The van der Waals surface area contributed by atoms with Crippen LogP contribution in [0.5, 0.6) is 0 Å². The van der Waals surface area contributed by atoms with Crippen LogP contribution in [0.15, 0.2) is 35.5 Å². The Morgan fingerprint density at radius 2 is 2.00 bits per heavy atom. The van der Waals surface area contributed by atoms with E-state index in [2.05, 4.69) is 17.0 Å². The highest BCUT2D eigenvalue weighted by atomic mass is 16.4. The SMILES string of the molecule is CC1CCN(CC(C(N)=NO)c2ccccc2)CC1. The highest BCUT2D eigenvalue weighted by molar-refractivity contribution is 5.87. The molecule has 19 heavy (non-hydrogen) atoms. The van der Waals surface area contributed by atoms with Gasteiger partial charge in [-0.15, -0.1) is 0 Å². The van der Waals surface area contributed by atoms with Crippen LogP contribution in [0.1, 0.15) is 31.2 Å². The second-order valence-corrected chi connectivity index (χ2v) is 5.47. The Morgan fingerprint density at radius 1 is 1.37 bits per heavy atom. The van der Waals surface area contributed by atoms with E-state index >= 15 is 0 Å². The van der Waals surface area contributed by atoms with Gasteiger partial charge in [0.1, 0.15) is 5.84 Å². The van der Waals surface area contributed by atoms with E-state index in [0.717, 1.165) is 31.1 Å². The van der Waals surface area contributed by atoms with Crippen LogP contribution in [0.2, 0.25) is 0 Å². The fourth-order valence-electron chi connectivity index (χ4n) is 2.63. The van der Waals surface area contributed by atoms with E-state index in [1.807, 2.05) is 30.3 Å². The standard InChI is InChI=1S/C15H23N3O/c1-12-7-9-18(10-8-12)11-14(15(16)17-19)13-5-3-2-4-6-13/h2-6,12,14,19H,7-11H2,1H3,(H2,16,17). The maximum absolute atomic E-state index is 8.98. The minimum absolute atomic E-state index is 0.0281. The number of hydrogen-bond acceptors (Lipinski definition) is 3. The summed E-state index contributed by atoms with van der Waals surface area (Å²) in [5.74, 6) is 1.08. The predicted molar refractivity (Wildman–Crippen MR) is 77.4 cm³/mol. The number of likely N-dealkylation sites (tertiary alicyclic amines) is 1. The van der Waals surface area contributed by atoms with E-state index in [1.54, 1.807) is 0 Å². The molecule has 0 aromatic heterocycles. The molecular formula is C15H23N3O. The quantitative estimate of drug-likeness (QED) is 0.378. The zero-order valence-electron chi connectivity index (χ0n) is 11.5. The third kappa shape index (κ3) is 3.70. The van der Waals surface area contributed by atoms with E-state index in [1.165, 1.54) is 12.8 Å². The van der Waals surface area contributed by atoms with Crippen molar-refractivity contribution >= 4 is 5.84 Å². The molecule has 4 heteroatoms. The van der Waals surface area contributed by atoms with Crippen molar-refractivity contribution in [1.29, 1.82) is 0 Å². The van der Waals surface area contributed by atoms with Gasteiger partial charge >= 0.3 is 0 Å². The van der Waals surface area contributed by atoms with Crippen LogP contribution in [0.25, 0.3) is 0 Å². The molecule has 0 amide bonds. The van der Waals surface area contributed by atoms with Crippen molar-refractivity contribution < 1.29 is 5.21 Å². The van der Waals surface area contributed by atoms with Crippen LogP contribution in [0.4, 0.5) is 0 Å². The van der Waals surface area contributed by atoms with Crippen molar-refractivity contribution in [2.24, 2.45) is 16.8 Å². The molecule has 0 radical (unpaired) electrons. The van der Waals surface area contributed by atoms with Crippen molar-refractivity contribution in [3.8, 4) is 0 Å². The van der Waals surface area contributed by atoms with Crippen LogP contribution in [-0.2, 0) is 0 Å². The van der Waals surface area contributed by atoms with Gasteiger partial charge in [-0.1, -0.05) is 42.4 Å². The molecule has 1 unspecified atom stereocenters. The monoisotopic (exact) mass is 261 g/mol. The largest absolute Gasteiger partial charge is 0.409 e.